The van der Waals surface area contributed by atoms with E-state index in [2.05, 4.69) is 20.6 Å². The highest BCUT2D eigenvalue weighted by molar-refractivity contribution is 6.31. The third kappa shape index (κ3) is 5.87. The van der Waals surface area contributed by atoms with Gasteiger partial charge in [-0.15, -0.1) is 0 Å². The van der Waals surface area contributed by atoms with Crippen molar-refractivity contribution in [3.63, 3.8) is 0 Å². The fourth-order valence-electron chi connectivity index (χ4n) is 2.94. The van der Waals surface area contributed by atoms with Gasteiger partial charge in [-0.3, -0.25) is 14.8 Å². The standard InChI is InChI=1S/C22H23ClN4O/c23-20-6-2-1-5-19(20)21(26-14-10-18-4-3-11-25-16-18)22(28)27-15-9-17-7-12-24-13-8-17/h1-8,11-13,16,21,26H,9-10,14-15H2,(H,27,28). The highest BCUT2D eigenvalue weighted by Gasteiger charge is 2.21. The fourth-order valence-corrected chi connectivity index (χ4v) is 3.19. The Morgan fingerprint density at radius 1 is 0.893 bits per heavy atom. The van der Waals surface area contributed by atoms with Crippen LogP contribution in [0.4, 0.5) is 0 Å². The second kappa shape index (κ2) is 10.5. The summed E-state index contributed by atoms with van der Waals surface area (Å²) in [6, 6.07) is 14.8. The van der Waals surface area contributed by atoms with Gasteiger partial charge in [-0.05, 0) is 53.8 Å². The van der Waals surface area contributed by atoms with Crippen LogP contribution in [0.2, 0.25) is 5.02 Å². The second-order valence-electron chi connectivity index (χ2n) is 6.42. The molecule has 3 aromatic rings. The molecular formula is C22H23ClN4O. The number of pyridine rings is 2. The quantitative estimate of drug-likeness (QED) is 0.584. The molecule has 0 fully saturated rings. The second-order valence-corrected chi connectivity index (χ2v) is 6.82. The lowest BCUT2D eigenvalue weighted by atomic mass is 10.1. The van der Waals surface area contributed by atoms with Crippen LogP contribution in [0.25, 0.3) is 0 Å². The molecule has 0 bridgehead atoms. The first-order valence-corrected chi connectivity index (χ1v) is 9.65. The summed E-state index contributed by atoms with van der Waals surface area (Å²) in [4.78, 5) is 21.0. The summed E-state index contributed by atoms with van der Waals surface area (Å²) < 4.78 is 0. The van der Waals surface area contributed by atoms with Crippen LogP contribution in [0, 0.1) is 0 Å². The summed E-state index contributed by atoms with van der Waals surface area (Å²) in [5.74, 6) is -0.0895. The minimum absolute atomic E-state index is 0.0895. The van der Waals surface area contributed by atoms with Crippen LogP contribution in [0.15, 0.2) is 73.3 Å². The Hall–Kier alpha value is -2.76. The van der Waals surface area contributed by atoms with Gasteiger partial charge < -0.3 is 10.6 Å². The zero-order valence-electron chi connectivity index (χ0n) is 15.5. The van der Waals surface area contributed by atoms with Crippen molar-refractivity contribution in [2.45, 2.75) is 18.9 Å². The third-order valence-corrected chi connectivity index (χ3v) is 4.77. The molecule has 0 spiro atoms. The Labute approximate surface area is 170 Å². The van der Waals surface area contributed by atoms with E-state index in [1.807, 2.05) is 48.7 Å². The van der Waals surface area contributed by atoms with Gasteiger partial charge in [0.25, 0.3) is 0 Å². The first-order chi connectivity index (χ1) is 13.7. The monoisotopic (exact) mass is 394 g/mol. The number of halogens is 1. The largest absolute Gasteiger partial charge is 0.354 e. The Morgan fingerprint density at radius 3 is 2.43 bits per heavy atom. The summed E-state index contributed by atoms with van der Waals surface area (Å²) >= 11 is 6.35. The highest BCUT2D eigenvalue weighted by atomic mass is 35.5. The molecule has 2 N–H and O–H groups in total. The fraction of sp³-hybridized carbons (Fsp3) is 0.227. The van der Waals surface area contributed by atoms with E-state index in [1.165, 1.54) is 0 Å². The van der Waals surface area contributed by atoms with Crippen molar-refractivity contribution in [1.82, 2.24) is 20.6 Å². The summed E-state index contributed by atoms with van der Waals surface area (Å²) in [5.41, 5.74) is 3.02. The van der Waals surface area contributed by atoms with Crippen molar-refractivity contribution in [2.24, 2.45) is 0 Å². The average Bonchev–Trinajstić information content (AvgIpc) is 2.73. The Balaban J connectivity index is 1.61. The molecule has 2 heterocycles. The molecule has 0 saturated carbocycles. The number of carbonyl (C=O) groups excluding carboxylic acids is 1. The van der Waals surface area contributed by atoms with Gasteiger partial charge in [0.15, 0.2) is 0 Å². The zero-order chi connectivity index (χ0) is 19.6. The van der Waals surface area contributed by atoms with Crippen LogP contribution in [0.5, 0.6) is 0 Å². The molecule has 0 saturated heterocycles. The zero-order valence-corrected chi connectivity index (χ0v) is 16.3. The van der Waals surface area contributed by atoms with E-state index in [0.29, 0.717) is 18.1 Å². The first-order valence-electron chi connectivity index (χ1n) is 9.27. The average molecular weight is 395 g/mol. The number of aromatic nitrogens is 2. The first kappa shape index (κ1) is 20.0. The number of nitrogens with zero attached hydrogens (tertiary/aromatic N) is 2. The summed E-state index contributed by atoms with van der Waals surface area (Å²) in [7, 11) is 0. The van der Waals surface area contributed by atoms with Crippen LogP contribution in [0.3, 0.4) is 0 Å². The van der Waals surface area contributed by atoms with Crippen LogP contribution in [-0.2, 0) is 17.6 Å². The van der Waals surface area contributed by atoms with Crippen molar-refractivity contribution in [1.29, 1.82) is 0 Å². The van der Waals surface area contributed by atoms with E-state index in [0.717, 1.165) is 29.5 Å². The Kier molecular flexibility index (Phi) is 7.53. The molecule has 1 amide bonds. The predicted molar refractivity (Wildman–Crippen MR) is 111 cm³/mol. The minimum atomic E-state index is -0.511. The lowest BCUT2D eigenvalue weighted by Crippen LogP contribution is -2.39. The van der Waals surface area contributed by atoms with E-state index in [9.17, 15) is 4.79 Å². The van der Waals surface area contributed by atoms with Crippen LogP contribution in [0.1, 0.15) is 22.7 Å². The van der Waals surface area contributed by atoms with Crippen molar-refractivity contribution in [2.75, 3.05) is 13.1 Å². The Morgan fingerprint density at radius 2 is 1.68 bits per heavy atom. The van der Waals surface area contributed by atoms with Crippen LogP contribution < -0.4 is 10.6 Å². The molecule has 2 aromatic heterocycles. The van der Waals surface area contributed by atoms with Crippen LogP contribution in [-0.4, -0.2) is 29.0 Å². The number of hydrogen-bond acceptors (Lipinski definition) is 4. The van der Waals surface area contributed by atoms with Crippen molar-refractivity contribution in [3.05, 3.63) is 95.0 Å². The highest BCUT2D eigenvalue weighted by Crippen LogP contribution is 2.23. The molecule has 28 heavy (non-hydrogen) atoms. The van der Waals surface area contributed by atoms with Gasteiger partial charge in [-0.2, -0.15) is 0 Å². The maximum atomic E-state index is 12.9. The Bertz CT molecular complexity index is 874. The molecule has 6 heteroatoms. The molecule has 0 aliphatic heterocycles. The van der Waals surface area contributed by atoms with Crippen LogP contribution >= 0.6 is 11.6 Å². The third-order valence-electron chi connectivity index (χ3n) is 4.43. The maximum absolute atomic E-state index is 12.9. The molecule has 5 nitrogen and oxygen atoms in total. The van der Waals surface area contributed by atoms with Crippen molar-refractivity contribution in [3.8, 4) is 0 Å². The number of rotatable bonds is 9. The number of amides is 1. The molecule has 0 radical (unpaired) electrons. The van der Waals surface area contributed by atoms with E-state index in [-0.39, 0.29) is 5.91 Å². The van der Waals surface area contributed by atoms with E-state index >= 15 is 0 Å². The molecule has 0 aliphatic rings. The van der Waals surface area contributed by atoms with Gasteiger partial charge in [0, 0.05) is 42.9 Å². The summed E-state index contributed by atoms with van der Waals surface area (Å²) in [6.07, 6.45) is 8.62. The van der Waals surface area contributed by atoms with E-state index in [1.54, 1.807) is 24.7 Å². The van der Waals surface area contributed by atoms with Gasteiger partial charge in [0.05, 0.1) is 0 Å². The SMILES string of the molecule is O=C(NCCc1ccncc1)C(NCCc1cccnc1)c1ccccc1Cl. The molecule has 1 unspecified atom stereocenters. The number of benzene rings is 1. The molecule has 1 atom stereocenters. The normalized spacial score (nSPS) is 11.8. The number of carbonyl (C=O) groups is 1. The molecular weight excluding hydrogens is 372 g/mol. The summed E-state index contributed by atoms with van der Waals surface area (Å²) in [5, 5.41) is 6.93. The molecule has 3 rings (SSSR count). The van der Waals surface area contributed by atoms with Gasteiger partial charge in [-0.1, -0.05) is 35.9 Å². The predicted octanol–water partition coefficient (Wildman–Crippen LogP) is 3.36. The smallest absolute Gasteiger partial charge is 0.241 e. The lowest BCUT2D eigenvalue weighted by molar-refractivity contribution is -0.123. The lowest BCUT2D eigenvalue weighted by Gasteiger charge is -2.20. The number of hydrogen-bond donors (Lipinski definition) is 2. The minimum Gasteiger partial charge on any atom is -0.354 e. The van der Waals surface area contributed by atoms with Crippen molar-refractivity contribution < 1.29 is 4.79 Å². The topological polar surface area (TPSA) is 66.9 Å². The van der Waals surface area contributed by atoms with Crippen molar-refractivity contribution >= 4 is 17.5 Å². The van der Waals surface area contributed by atoms with Gasteiger partial charge in [0.2, 0.25) is 5.91 Å². The van der Waals surface area contributed by atoms with Gasteiger partial charge in [-0.25, -0.2) is 0 Å². The number of nitrogens with one attached hydrogen (secondary N) is 2. The molecule has 144 valence electrons. The molecule has 1 aromatic carbocycles. The summed E-state index contributed by atoms with van der Waals surface area (Å²) in [6.45, 7) is 1.19. The van der Waals surface area contributed by atoms with E-state index in [4.69, 9.17) is 11.6 Å². The maximum Gasteiger partial charge on any atom is 0.241 e. The van der Waals surface area contributed by atoms with E-state index < -0.39 is 6.04 Å². The van der Waals surface area contributed by atoms with Gasteiger partial charge >= 0.3 is 0 Å². The molecule has 0 aliphatic carbocycles. The van der Waals surface area contributed by atoms with Gasteiger partial charge in [0.1, 0.15) is 6.04 Å².